The number of aromatic nitrogens is 1. The number of fused-ring (bicyclic) bond motifs is 3. The molecular weight excluding hydrogens is 368 g/mol. The summed E-state index contributed by atoms with van der Waals surface area (Å²) >= 11 is 1.31. The van der Waals surface area contributed by atoms with Crippen LogP contribution in [0.1, 0.15) is 13.3 Å². The molecule has 0 aliphatic carbocycles. The lowest BCUT2D eigenvalue weighted by atomic mass is 10.1. The van der Waals surface area contributed by atoms with Gasteiger partial charge < -0.3 is 30.2 Å². The summed E-state index contributed by atoms with van der Waals surface area (Å²) in [5.41, 5.74) is 6.37. The van der Waals surface area contributed by atoms with Crippen LogP contribution in [0.5, 0.6) is 5.75 Å². The first kappa shape index (κ1) is 19.8. The second-order valence-electron chi connectivity index (χ2n) is 6.65. The lowest BCUT2D eigenvalue weighted by Crippen LogP contribution is -2.39. The van der Waals surface area contributed by atoms with E-state index in [9.17, 15) is 4.79 Å². The molecule has 2 aliphatic rings. The molecule has 3 heterocycles. The van der Waals surface area contributed by atoms with E-state index in [1.165, 1.54) is 11.8 Å². The van der Waals surface area contributed by atoms with Crippen LogP contribution in [0.15, 0.2) is 27.8 Å². The molecular formula is C18H26N4O4S. The summed E-state index contributed by atoms with van der Waals surface area (Å²) in [6.07, 6.45) is 2.74. The third kappa shape index (κ3) is 4.31. The molecule has 27 heavy (non-hydrogen) atoms. The Hall–Kier alpha value is -1.97. The number of nitrogens with zero attached hydrogens (tertiary/aromatic N) is 2. The lowest BCUT2D eigenvalue weighted by Gasteiger charge is -2.33. The molecule has 2 atom stereocenters. The number of carbonyl (C=O) groups is 1. The predicted molar refractivity (Wildman–Crippen MR) is 104 cm³/mol. The molecule has 148 valence electrons. The monoisotopic (exact) mass is 394 g/mol. The van der Waals surface area contributed by atoms with Crippen LogP contribution in [0.3, 0.4) is 0 Å². The maximum absolute atomic E-state index is 12.1. The number of ether oxygens (including phenoxy) is 3. The summed E-state index contributed by atoms with van der Waals surface area (Å²) in [4.78, 5) is 20.2. The van der Waals surface area contributed by atoms with E-state index >= 15 is 0 Å². The highest BCUT2D eigenvalue weighted by Crippen LogP contribution is 2.45. The zero-order valence-corrected chi connectivity index (χ0v) is 16.7. The van der Waals surface area contributed by atoms with E-state index < -0.39 is 0 Å². The van der Waals surface area contributed by atoms with Gasteiger partial charge in [-0.3, -0.25) is 4.79 Å². The summed E-state index contributed by atoms with van der Waals surface area (Å²) < 4.78 is 16.5. The number of pyridine rings is 1. The molecule has 9 heteroatoms. The van der Waals surface area contributed by atoms with E-state index in [1.54, 1.807) is 27.3 Å². The highest BCUT2D eigenvalue weighted by molar-refractivity contribution is 8.04. The van der Waals surface area contributed by atoms with E-state index in [0.29, 0.717) is 42.3 Å². The minimum Gasteiger partial charge on any atom is -0.486 e. The fourth-order valence-electron chi connectivity index (χ4n) is 3.40. The van der Waals surface area contributed by atoms with Gasteiger partial charge in [0.2, 0.25) is 0 Å². The molecule has 0 radical (unpaired) electrons. The van der Waals surface area contributed by atoms with Crippen molar-refractivity contribution in [1.82, 2.24) is 10.3 Å². The molecule has 0 saturated carbocycles. The number of likely N-dealkylation sites (N-methyl/N-ethyl adjacent to an activating group) is 1. The molecule has 1 saturated heterocycles. The van der Waals surface area contributed by atoms with Gasteiger partial charge in [-0.25, -0.2) is 4.98 Å². The van der Waals surface area contributed by atoms with Gasteiger partial charge in [-0.1, -0.05) is 11.8 Å². The third-order valence-corrected chi connectivity index (χ3v) is 5.85. The third-order valence-electron chi connectivity index (χ3n) is 4.60. The Balaban J connectivity index is 1.79. The van der Waals surface area contributed by atoms with Gasteiger partial charge in [-0.05, 0) is 19.4 Å². The Morgan fingerprint density at radius 2 is 2.37 bits per heavy atom. The van der Waals surface area contributed by atoms with Crippen LogP contribution in [-0.2, 0) is 14.3 Å². The van der Waals surface area contributed by atoms with Gasteiger partial charge in [0, 0.05) is 38.5 Å². The number of amides is 1. The van der Waals surface area contributed by atoms with Crippen molar-refractivity contribution in [3.05, 3.63) is 22.9 Å². The second kappa shape index (κ2) is 8.81. The smallest absolute Gasteiger partial charge is 0.259 e. The molecule has 8 nitrogen and oxygen atoms in total. The largest absolute Gasteiger partial charge is 0.486 e. The molecule has 1 aromatic rings. The van der Waals surface area contributed by atoms with Crippen LogP contribution in [0.2, 0.25) is 0 Å². The fraction of sp³-hybridized carbons (Fsp3) is 0.556. The summed E-state index contributed by atoms with van der Waals surface area (Å²) in [5, 5.41) is 2.63. The number of carbonyl (C=O) groups excluding carboxylic acids is 1. The number of nitrogens with two attached hydrogens (primary N) is 1. The standard InChI is InChI=1S/C18H26N4O4S/c1-11(19)16(18(23)20-2)27-14-4-5-21-17-15(14)26-9-13-6-12(7-22(13)17)8-25-10-24-3/h4-5,12-13H,6-10,19H2,1-3H3,(H,20,23)/b16-11-/t12?,13-/m0/s1. The Bertz CT molecular complexity index is 723. The molecule has 0 aromatic carbocycles. The number of methoxy groups -OCH3 is 1. The van der Waals surface area contributed by atoms with Gasteiger partial charge in [0.1, 0.15) is 13.4 Å². The number of hydrogen-bond acceptors (Lipinski definition) is 8. The summed E-state index contributed by atoms with van der Waals surface area (Å²) in [7, 11) is 3.21. The molecule has 1 fully saturated rings. The first-order valence-electron chi connectivity index (χ1n) is 8.86. The van der Waals surface area contributed by atoms with E-state index in [2.05, 4.69) is 15.2 Å². The van der Waals surface area contributed by atoms with Crippen LogP contribution in [0, 0.1) is 5.92 Å². The number of rotatable bonds is 7. The molecule has 2 aliphatic heterocycles. The van der Waals surface area contributed by atoms with Crippen molar-refractivity contribution in [2.24, 2.45) is 11.7 Å². The Kier molecular flexibility index (Phi) is 6.46. The van der Waals surface area contributed by atoms with Crippen LogP contribution in [-0.4, -0.2) is 57.6 Å². The summed E-state index contributed by atoms with van der Waals surface area (Å²) in [5.74, 6) is 1.72. The minimum atomic E-state index is -0.212. The van der Waals surface area contributed by atoms with Crippen molar-refractivity contribution in [3.63, 3.8) is 0 Å². The van der Waals surface area contributed by atoms with Crippen molar-refractivity contribution in [2.75, 3.05) is 45.6 Å². The number of hydrogen-bond donors (Lipinski definition) is 2. The molecule has 3 rings (SSSR count). The van der Waals surface area contributed by atoms with Crippen molar-refractivity contribution in [1.29, 1.82) is 0 Å². The maximum Gasteiger partial charge on any atom is 0.259 e. The van der Waals surface area contributed by atoms with Crippen molar-refractivity contribution >= 4 is 23.5 Å². The molecule has 3 N–H and O–H groups in total. The SMILES string of the molecule is CNC(=O)/C(Sc1ccnc2c1OC[C@@H]1CC(COCOC)CN21)=C(\C)N. The number of thioether (sulfide) groups is 1. The summed E-state index contributed by atoms with van der Waals surface area (Å²) in [6.45, 7) is 4.13. The van der Waals surface area contributed by atoms with Gasteiger partial charge in [0.05, 0.1) is 22.4 Å². The van der Waals surface area contributed by atoms with Gasteiger partial charge in [0.15, 0.2) is 11.6 Å². The Morgan fingerprint density at radius 1 is 1.56 bits per heavy atom. The van der Waals surface area contributed by atoms with Crippen molar-refractivity contribution in [3.8, 4) is 5.75 Å². The van der Waals surface area contributed by atoms with Crippen LogP contribution in [0.4, 0.5) is 5.82 Å². The van der Waals surface area contributed by atoms with Gasteiger partial charge in [-0.15, -0.1) is 0 Å². The van der Waals surface area contributed by atoms with Gasteiger partial charge >= 0.3 is 0 Å². The minimum absolute atomic E-state index is 0.212. The quantitative estimate of drug-likeness (QED) is 0.309. The average Bonchev–Trinajstić information content (AvgIpc) is 3.09. The molecule has 0 spiro atoms. The van der Waals surface area contributed by atoms with E-state index in [1.807, 2.05) is 6.07 Å². The molecule has 0 bridgehead atoms. The number of nitrogens with one attached hydrogen (secondary N) is 1. The number of allylic oxidation sites excluding steroid dienone is 1. The first-order valence-corrected chi connectivity index (χ1v) is 9.68. The Labute approximate surface area is 163 Å². The molecule has 1 aromatic heterocycles. The average molecular weight is 394 g/mol. The zero-order chi connectivity index (χ0) is 19.4. The normalized spacial score (nSPS) is 21.8. The first-order chi connectivity index (χ1) is 13.0. The molecule has 1 unspecified atom stereocenters. The van der Waals surface area contributed by atoms with Crippen molar-refractivity contribution in [2.45, 2.75) is 24.3 Å². The molecule has 1 amide bonds. The highest BCUT2D eigenvalue weighted by atomic mass is 32.2. The topological polar surface area (TPSA) is 98.9 Å². The zero-order valence-electron chi connectivity index (χ0n) is 15.9. The van der Waals surface area contributed by atoms with Gasteiger partial charge in [0.25, 0.3) is 5.91 Å². The highest BCUT2D eigenvalue weighted by Gasteiger charge is 2.39. The fourth-order valence-corrected chi connectivity index (χ4v) is 4.35. The predicted octanol–water partition coefficient (Wildman–Crippen LogP) is 1.32. The van der Waals surface area contributed by atoms with Crippen LogP contribution in [0.25, 0.3) is 0 Å². The van der Waals surface area contributed by atoms with E-state index in [-0.39, 0.29) is 11.9 Å². The number of anilines is 1. The van der Waals surface area contributed by atoms with Crippen LogP contribution >= 0.6 is 11.8 Å². The van der Waals surface area contributed by atoms with Gasteiger partial charge in [-0.2, -0.15) is 0 Å². The van der Waals surface area contributed by atoms with E-state index in [4.69, 9.17) is 19.9 Å². The van der Waals surface area contributed by atoms with Crippen LogP contribution < -0.4 is 20.7 Å². The summed E-state index contributed by atoms with van der Waals surface area (Å²) in [6, 6.07) is 2.14. The Morgan fingerprint density at radius 3 is 3.07 bits per heavy atom. The van der Waals surface area contributed by atoms with Crippen molar-refractivity contribution < 1.29 is 19.0 Å². The maximum atomic E-state index is 12.1. The lowest BCUT2D eigenvalue weighted by molar-refractivity contribution is -0.116. The second-order valence-corrected chi connectivity index (χ2v) is 7.70. The van der Waals surface area contributed by atoms with E-state index in [0.717, 1.165) is 23.7 Å².